The van der Waals surface area contributed by atoms with Crippen LogP contribution in [0, 0.1) is 5.82 Å². The second-order valence-corrected chi connectivity index (χ2v) is 8.49. The van der Waals surface area contributed by atoms with Gasteiger partial charge in [0.2, 0.25) is 15.9 Å². The van der Waals surface area contributed by atoms with Crippen LogP contribution >= 0.6 is 0 Å². The van der Waals surface area contributed by atoms with Crippen molar-refractivity contribution < 1.29 is 27.1 Å². The molecule has 2 aromatic carbocycles. The van der Waals surface area contributed by atoms with Crippen LogP contribution in [0.1, 0.15) is 24.8 Å². The van der Waals surface area contributed by atoms with Crippen molar-refractivity contribution in [3.05, 3.63) is 47.8 Å². The normalized spacial score (nSPS) is 13.8. The fourth-order valence-corrected chi connectivity index (χ4v) is 4.11. The summed E-state index contributed by atoms with van der Waals surface area (Å²) in [5, 5.41) is 2.68. The van der Waals surface area contributed by atoms with Crippen LogP contribution in [0.4, 0.5) is 10.1 Å². The Labute approximate surface area is 169 Å². The molecule has 2 N–H and O–H groups in total. The van der Waals surface area contributed by atoms with Gasteiger partial charge >= 0.3 is 0 Å². The molecule has 0 aromatic heterocycles. The minimum absolute atomic E-state index is 0.0231. The number of ether oxygens (including phenoxy) is 2. The molecule has 0 spiro atoms. The molecule has 0 aliphatic heterocycles. The lowest BCUT2D eigenvalue weighted by Gasteiger charge is -2.13. The third kappa shape index (κ3) is 5.45. The maximum absolute atomic E-state index is 13.8. The molecular formula is C20H23FN2O5S. The number of methoxy groups -OCH3 is 2. The Morgan fingerprint density at radius 2 is 1.79 bits per heavy atom. The molecule has 7 nitrogen and oxygen atoms in total. The summed E-state index contributed by atoms with van der Waals surface area (Å²) in [5.41, 5.74) is 0.910. The predicted octanol–water partition coefficient (Wildman–Crippen LogP) is 2.85. The van der Waals surface area contributed by atoms with E-state index in [2.05, 4.69) is 10.0 Å². The van der Waals surface area contributed by atoms with Crippen LogP contribution in [-0.2, 0) is 21.2 Å². The number of anilines is 1. The summed E-state index contributed by atoms with van der Waals surface area (Å²) in [6.45, 7) is 0. The number of carbonyl (C=O) groups is 1. The molecule has 1 saturated carbocycles. The van der Waals surface area contributed by atoms with Gasteiger partial charge in [-0.05, 0) is 55.2 Å². The molecule has 0 atom stereocenters. The van der Waals surface area contributed by atoms with Gasteiger partial charge in [-0.1, -0.05) is 6.07 Å². The lowest BCUT2D eigenvalue weighted by atomic mass is 10.1. The minimum atomic E-state index is -3.66. The lowest BCUT2D eigenvalue weighted by molar-refractivity contribution is -0.116. The van der Waals surface area contributed by atoms with Gasteiger partial charge in [-0.2, -0.15) is 0 Å². The van der Waals surface area contributed by atoms with Gasteiger partial charge < -0.3 is 14.8 Å². The maximum atomic E-state index is 13.8. The summed E-state index contributed by atoms with van der Waals surface area (Å²) in [5.74, 6) is -0.350. The van der Waals surface area contributed by atoms with Gasteiger partial charge in [-0.15, -0.1) is 0 Å². The number of carbonyl (C=O) groups excluding carboxylic acids is 1. The molecule has 9 heteroatoms. The minimum Gasteiger partial charge on any atom is -0.495 e. The zero-order valence-corrected chi connectivity index (χ0v) is 17.0. The SMILES string of the molecule is COc1ccc(CCC(=O)Nc2cc(S(=O)(=O)NC3CC3)ccc2OC)cc1F. The summed E-state index contributed by atoms with van der Waals surface area (Å²) < 4.78 is 51.3. The summed E-state index contributed by atoms with van der Waals surface area (Å²) in [6.07, 6.45) is 2.05. The van der Waals surface area contributed by atoms with Crippen molar-refractivity contribution in [3.63, 3.8) is 0 Å². The van der Waals surface area contributed by atoms with Gasteiger partial charge in [-0.25, -0.2) is 17.5 Å². The highest BCUT2D eigenvalue weighted by atomic mass is 32.2. The topological polar surface area (TPSA) is 93.7 Å². The van der Waals surface area contributed by atoms with Crippen molar-refractivity contribution in [2.45, 2.75) is 36.6 Å². The quantitative estimate of drug-likeness (QED) is 0.648. The standard InChI is InChI=1S/C20H23FN2O5S/c1-27-18-8-3-13(11-16(18)21)4-10-20(24)22-17-12-15(7-9-19(17)28-2)29(25,26)23-14-5-6-14/h3,7-9,11-12,14,23H,4-6,10H2,1-2H3,(H,22,24). The Bertz CT molecular complexity index is 1010. The van der Waals surface area contributed by atoms with Gasteiger partial charge in [0.05, 0.1) is 24.8 Å². The number of rotatable bonds is 9. The number of nitrogens with one attached hydrogen (secondary N) is 2. The molecule has 0 bridgehead atoms. The van der Waals surface area contributed by atoms with E-state index in [-0.39, 0.29) is 34.7 Å². The Morgan fingerprint density at radius 3 is 2.41 bits per heavy atom. The van der Waals surface area contributed by atoms with Crippen molar-refractivity contribution in [2.24, 2.45) is 0 Å². The van der Waals surface area contributed by atoms with Crippen LogP contribution in [0.2, 0.25) is 0 Å². The third-order valence-corrected chi connectivity index (χ3v) is 6.03. The largest absolute Gasteiger partial charge is 0.495 e. The van der Waals surface area contributed by atoms with Crippen molar-refractivity contribution in [3.8, 4) is 11.5 Å². The molecule has 0 unspecified atom stereocenters. The molecule has 2 aromatic rings. The van der Waals surface area contributed by atoms with E-state index in [0.717, 1.165) is 12.8 Å². The Kier molecular flexibility index (Phi) is 6.39. The number of aryl methyl sites for hydroxylation is 1. The van der Waals surface area contributed by atoms with Gasteiger partial charge in [0.25, 0.3) is 0 Å². The average molecular weight is 422 g/mol. The molecule has 0 radical (unpaired) electrons. The molecule has 0 heterocycles. The van der Waals surface area contributed by atoms with Crippen LogP contribution in [-0.4, -0.2) is 34.6 Å². The monoisotopic (exact) mass is 422 g/mol. The molecule has 3 rings (SSSR count). The smallest absolute Gasteiger partial charge is 0.240 e. The Morgan fingerprint density at radius 1 is 1.10 bits per heavy atom. The second kappa shape index (κ2) is 8.79. The zero-order chi connectivity index (χ0) is 21.0. The first kappa shape index (κ1) is 21.1. The van der Waals surface area contributed by atoms with E-state index in [1.54, 1.807) is 6.07 Å². The van der Waals surface area contributed by atoms with E-state index in [1.165, 1.54) is 44.6 Å². The fraction of sp³-hybridized carbons (Fsp3) is 0.350. The van der Waals surface area contributed by atoms with Crippen molar-refractivity contribution in [1.82, 2.24) is 4.72 Å². The van der Waals surface area contributed by atoms with Gasteiger partial charge in [-0.3, -0.25) is 4.79 Å². The Balaban J connectivity index is 1.68. The van der Waals surface area contributed by atoms with E-state index in [9.17, 15) is 17.6 Å². The second-order valence-electron chi connectivity index (χ2n) is 6.77. The van der Waals surface area contributed by atoms with Crippen LogP contribution < -0.4 is 19.5 Å². The number of hydrogen-bond donors (Lipinski definition) is 2. The van der Waals surface area contributed by atoms with E-state index in [0.29, 0.717) is 17.7 Å². The summed E-state index contributed by atoms with van der Waals surface area (Å²) in [4.78, 5) is 12.4. The fourth-order valence-electron chi connectivity index (χ4n) is 2.78. The Hall–Kier alpha value is -2.65. The van der Waals surface area contributed by atoms with Crippen molar-refractivity contribution in [1.29, 1.82) is 0 Å². The van der Waals surface area contributed by atoms with Gasteiger partial charge in [0.15, 0.2) is 11.6 Å². The highest BCUT2D eigenvalue weighted by molar-refractivity contribution is 7.89. The number of benzene rings is 2. The van der Waals surface area contributed by atoms with Crippen LogP contribution in [0.5, 0.6) is 11.5 Å². The van der Waals surface area contributed by atoms with E-state index in [1.807, 2.05) is 0 Å². The lowest BCUT2D eigenvalue weighted by Crippen LogP contribution is -2.26. The highest BCUT2D eigenvalue weighted by Gasteiger charge is 2.28. The molecule has 156 valence electrons. The van der Waals surface area contributed by atoms with E-state index >= 15 is 0 Å². The summed E-state index contributed by atoms with van der Waals surface area (Å²) >= 11 is 0. The molecule has 1 amide bonds. The van der Waals surface area contributed by atoms with Gasteiger partial charge in [0.1, 0.15) is 5.75 Å². The van der Waals surface area contributed by atoms with Crippen LogP contribution in [0.3, 0.4) is 0 Å². The molecule has 1 aliphatic rings. The molecule has 1 fully saturated rings. The summed E-state index contributed by atoms with van der Waals surface area (Å²) in [6, 6.07) is 8.79. The maximum Gasteiger partial charge on any atom is 0.240 e. The summed E-state index contributed by atoms with van der Waals surface area (Å²) in [7, 11) is -0.843. The average Bonchev–Trinajstić information content (AvgIpc) is 3.49. The number of amides is 1. The first-order valence-electron chi connectivity index (χ1n) is 9.15. The first-order valence-corrected chi connectivity index (χ1v) is 10.6. The third-order valence-electron chi connectivity index (χ3n) is 4.51. The number of hydrogen-bond acceptors (Lipinski definition) is 5. The predicted molar refractivity (Wildman–Crippen MR) is 106 cm³/mol. The first-order chi connectivity index (χ1) is 13.8. The molecular weight excluding hydrogens is 399 g/mol. The van der Waals surface area contributed by atoms with Crippen LogP contribution in [0.25, 0.3) is 0 Å². The highest BCUT2D eigenvalue weighted by Crippen LogP contribution is 2.29. The van der Waals surface area contributed by atoms with Crippen LogP contribution in [0.15, 0.2) is 41.3 Å². The van der Waals surface area contributed by atoms with E-state index in [4.69, 9.17) is 9.47 Å². The zero-order valence-electron chi connectivity index (χ0n) is 16.2. The van der Waals surface area contributed by atoms with Crippen molar-refractivity contribution >= 4 is 21.6 Å². The molecule has 29 heavy (non-hydrogen) atoms. The van der Waals surface area contributed by atoms with Crippen molar-refractivity contribution in [2.75, 3.05) is 19.5 Å². The molecule has 0 saturated heterocycles. The van der Waals surface area contributed by atoms with Gasteiger partial charge in [0, 0.05) is 12.5 Å². The van der Waals surface area contributed by atoms with E-state index < -0.39 is 15.8 Å². The molecule has 1 aliphatic carbocycles. The number of sulfonamides is 1. The number of halogens is 1.